The summed E-state index contributed by atoms with van der Waals surface area (Å²) in [6.45, 7) is 1.54. The fourth-order valence-electron chi connectivity index (χ4n) is 2.40. The lowest BCUT2D eigenvalue weighted by Gasteiger charge is -2.11. The molecule has 152 valence electrons. The highest BCUT2D eigenvalue weighted by atomic mass is 35.5. The number of hydrogen-bond acceptors (Lipinski definition) is 4. The molecule has 29 heavy (non-hydrogen) atoms. The number of anilines is 1. The van der Waals surface area contributed by atoms with Crippen molar-refractivity contribution in [3.05, 3.63) is 75.1 Å². The Balaban J connectivity index is 1.79. The van der Waals surface area contributed by atoms with E-state index < -0.39 is 17.6 Å². The highest BCUT2D eigenvalue weighted by Gasteiger charge is 2.31. The maximum absolute atomic E-state index is 12.9. The minimum atomic E-state index is -4.58. The van der Waals surface area contributed by atoms with Crippen LogP contribution in [-0.2, 0) is 12.8 Å². The van der Waals surface area contributed by atoms with E-state index in [2.05, 4.69) is 10.5 Å². The summed E-state index contributed by atoms with van der Waals surface area (Å²) < 4.78 is 49.4. The molecule has 0 aliphatic heterocycles. The Morgan fingerprint density at radius 2 is 1.86 bits per heavy atom. The van der Waals surface area contributed by atoms with Crippen LogP contribution in [0.4, 0.5) is 18.9 Å². The van der Waals surface area contributed by atoms with Crippen LogP contribution in [0, 0.1) is 6.92 Å². The monoisotopic (exact) mass is 444 g/mol. The number of carbonyl (C=O) groups is 1. The fourth-order valence-corrected chi connectivity index (χ4v) is 2.70. The van der Waals surface area contributed by atoms with Gasteiger partial charge in [0.15, 0.2) is 5.69 Å². The van der Waals surface area contributed by atoms with E-state index in [1.807, 2.05) is 0 Å². The Kier molecular flexibility index (Phi) is 6.04. The van der Waals surface area contributed by atoms with Gasteiger partial charge in [0.05, 0.1) is 21.8 Å². The number of amides is 1. The zero-order valence-corrected chi connectivity index (χ0v) is 16.3. The van der Waals surface area contributed by atoms with Crippen molar-refractivity contribution in [1.29, 1.82) is 0 Å². The summed E-state index contributed by atoms with van der Waals surface area (Å²) in [5.74, 6) is 0.0549. The van der Waals surface area contributed by atoms with Crippen molar-refractivity contribution in [2.75, 3.05) is 5.32 Å². The Morgan fingerprint density at radius 1 is 1.17 bits per heavy atom. The summed E-state index contributed by atoms with van der Waals surface area (Å²) in [7, 11) is 0. The van der Waals surface area contributed by atoms with Gasteiger partial charge in [0.1, 0.15) is 18.1 Å². The predicted octanol–water partition coefficient (Wildman–Crippen LogP) is 6.14. The van der Waals surface area contributed by atoms with Gasteiger partial charge in [-0.1, -0.05) is 28.4 Å². The molecule has 0 fully saturated rings. The second-order valence-corrected chi connectivity index (χ2v) is 6.80. The lowest BCUT2D eigenvalue weighted by atomic mass is 10.1. The van der Waals surface area contributed by atoms with E-state index in [0.29, 0.717) is 22.1 Å². The van der Waals surface area contributed by atoms with E-state index in [9.17, 15) is 18.0 Å². The number of rotatable bonds is 5. The van der Waals surface area contributed by atoms with E-state index in [1.54, 1.807) is 31.2 Å². The molecule has 0 radical (unpaired) electrons. The fraction of sp³-hybridized carbons (Fsp3) is 0.158. The van der Waals surface area contributed by atoms with Crippen molar-refractivity contribution in [3.63, 3.8) is 0 Å². The van der Waals surface area contributed by atoms with E-state index in [-0.39, 0.29) is 23.0 Å². The minimum Gasteiger partial charge on any atom is -0.489 e. The molecular formula is C19H13Cl2F3N2O3. The third kappa shape index (κ3) is 5.02. The lowest BCUT2D eigenvalue weighted by Crippen LogP contribution is -2.16. The first-order valence-corrected chi connectivity index (χ1v) is 8.92. The molecule has 1 N–H and O–H groups in total. The molecule has 10 heteroatoms. The van der Waals surface area contributed by atoms with Crippen molar-refractivity contribution in [1.82, 2.24) is 5.16 Å². The van der Waals surface area contributed by atoms with Gasteiger partial charge in [-0.25, -0.2) is 0 Å². The molecule has 0 unspecified atom stereocenters. The predicted molar refractivity (Wildman–Crippen MR) is 101 cm³/mol. The number of hydrogen-bond donors (Lipinski definition) is 1. The number of benzene rings is 2. The molecule has 2 aromatic carbocycles. The molecule has 1 heterocycles. The van der Waals surface area contributed by atoms with Gasteiger partial charge in [-0.05, 0) is 49.4 Å². The molecule has 0 saturated carbocycles. The van der Waals surface area contributed by atoms with Gasteiger partial charge in [0.2, 0.25) is 0 Å². The van der Waals surface area contributed by atoms with Gasteiger partial charge in [-0.2, -0.15) is 13.2 Å². The van der Waals surface area contributed by atoms with Crippen molar-refractivity contribution < 1.29 is 27.2 Å². The average Bonchev–Trinajstić information content (AvgIpc) is 3.03. The smallest absolute Gasteiger partial charge is 0.416 e. The normalized spacial score (nSPS) is 11.4. The number of carbonyl (C=O) groups excluding carboxylic acids is 1. The van der Waals surface area contributed by atoms with Gasteiger partial charge in [0, 0.05) is 5.02 Å². The summed E-state index contributed by atoms with van der Waals surface area (Å²) in [4.78, 5) is 12.6. The van der Waals surface area contributed by atoms with Crippen LogP contribution in [0.3, 0.4) is 0 Å². The van der Waals surface area contributed by atoms with Crippen LogP contribution in [0.1, 0.15) is 27.4 Å². The summed E-state index contributed by atoms with van der Waals surface area (Å²) in [5, 5.41) is 6.51. The molecule has 5 nitrogen and oxygen atoms in total. The van der Waals surface area contributed by atoms with Crippen molar-refractivity contribution in [2.45, 2.75) is 19.7 Å². The number of alkyl halides is 3. The number of ether oxygens (including phenoxy) is 1. The van der Waals surface area contributed by atoms with Crippen molar-refractivity contribution >= 4 is 34.8 Å². The summed E-state index contributed by atoms with van der Waals surface area (Å²) in [6.07, 6.45) is -4.58. The van der Waals surface area contributed by atoms with Gasteiger partial charge >= 0.3 is 6.18 Å². The number of nitrogens with zero attached hydrogens (tertiary/aromatic N) is 1. The Morgan fingerprint density at radius 3 is 2.52 bits per heavy atom. The second-order valence-electron chi connectivity index (χ2n) is 5.96. The van der Waals surface area contributed by atoms with Crippen LogP contribution >= 0.6 is 23.2 Å². The SMILES string of the molecule is Cc1onc(C(=O)Nc2cc(C(F)(F)F)ccc2Cl)c1COc1ccc(Cl)cc1. The average molecular weight is 445 g/mol. The molecule has 0 aliphatic rings. The van der Waals surface area contributed by atoms with Crippen LogP contribution in [0.5, 0.6) is 5.75 Å². The van der Waals surface area contributed by atoms with Crippen molar-refractivity contribution in [2.24, 2.45) is 0 Å². The van der Waals surface area contributed by atoms with Crippen LogP contribution in [0.25, 0.3) is 0 Å². The Hall–Kier alpha value is -2.71. The third-order valence-corrected chi connectivity index (χ3v) is 4.52. The topological polar surface area (TPSA) is 64.4 Å². The minimum absolute atomic E-state index is 0.0456. The lowest BCUT2D eigenvalue weighted by molar-refractivity contribution is -0.137. The standard InChI is InChI=1S/C19H13Cl2F3N2O3/c1-10-14(9-28-13-5-3-12(20)4-6-13)17(26-29-10)18(27)25-16-8-11(19(22,23)24)2-7-15(16)21/h2-8H,9H2,1H3,(H,25,27). The highest BCUT2D eigenvalue weighted by molar-refractivity contribution is 6.34. The van der Waals surface area contributed by atoms with Crippen LogP contribution in [0.2, 0.25) is 10.0 Å². The molecular weight excluding hydrogens is 432 g/mol. The first-order valence-electron chi connectivity index (χ1n) is 8.17. The number of nitrogens with one attached hydrogen (secondary N) is 1. The molecule has 0 spiro atoms. The largest absolute Gasteiger partial charge is 0.489 e. The number of aryl methyl sites for hydroxylation is 1. The van der Waals surface area contributed by atoms with E-state index in [4.69, 9.17) is 32.5 Å². The number of halogens is 5. The molecule has 1 amide bonds. The van der Waals surface area contributed by atoms with E-state index >= 15 is 0 Å². The Bertz CT molecular complexity index is 1030. The van der Waals surface area contributed by atoms with Crippen molar-refractivity contribution in [3.8, 4) is 5.75 Å². The third-order valence-electron chi connectivity index (χ3n) is 3.94. The van der Waals surface area contributed by atoms with Gasteiger partial charge < -0.3 is 14.6 Å². The number of aromatic nitrogens is 1. The summed E-state index contributed by atoms with van der Waals surface area (Å²) in [5.41, 5.74) is -0.915. The maximum atomic E-state index is 12.9. The molecule has 0 atom stereocenters. The molecule has 1 aromatic heterocycles. The van der Waals surface area contributed by atoms with Crippen LogP contribution in [-0.4, -0.2) is 11.1 Å². The van der Waals surface area contributed by atoms with E-state index in [0.717, 1.165) is 18.2 Å². The van der Waals surface area contributed by atoms with Gasteiger partial charge in [-0.3, -0.25) is 4.79 Å². The van der Waals surface area contributed by atoms with Gasteiger partial charge in [0.25, 0.3) is 5.91 Å². The molecule has 0 aliphatic carbocycles. The van der Waals surface area contributed by atoms with Crippen LogP contribution in [0.15, 0.2) is 47.0 Å². The first-order chi connectivity index (χ1) is 13.6. The highest BCUT2D eigenvalue weighted by Crippen LogP contribution is 2.34. The Labute approximate surface area is 173 Å². The molecule has 3 aromatic rings. The quantitative estimate of drug-likeness (QED) is 0.513. The maximum Gasteiger partial charge on any atom is 0.416 e. The first kappa shape index (κ1) is 21.0. The summed E-state index contributed by atoms with van der Waals surface area (Å²) in [6, 6.07) is 9.20. The van der Waals surface area contributed by atoms with Gasteiger partial charge in [-0.15, -0.1) is 0 Å². The zero-order chi connectivity index (χ0) is 21.2. The second kappa shape index (κ2) is 8.34. The molecule has 0 saturated heterocycles. The molecule has 3 rings (SSSR count). The summed E-state index contributed by atoms with van der Waals surface area (Å²) >= 11 is 11.7. The van der Waals surface area contributed by atoms with Crippen LogP contribution < -0.4 is 10.1 Å². The zero-order valence-electron chi connectivity index (χ0n) is 14.8. The van der Waals surface area contributed by atoms with E-state index in [1.165, 1.54) is 0 Å². The molecule has 0 bridgehead atoms.